The standard InChI is InChI=1S/C22H33N3O4/c1-5-24(6-2)22(27)25-10-8-16(9-11-25)21(26)23-18-14-19-17(12-15(4)29-19)13-20(18)28-7-3/h13-16H,5-12H2,1-4H3,(H,23,26). The van der Waals surface area contributed by atoms with Gasteiger partial charge in [-0.25, -0.2) is 4.79 Å². The van der Waals surface area contributed by atoms with Crippen molar-refractivity contribution in [2.45, 2.75) is 53.1 Å². The van der Waals surface area contributed by atoms with E-state index in [-0.39, 0.29) is 24.0 Å². The van der Waals surface area contributed by atoms with Crippen molar-refractivity contribution >= 4 is 17.6 Å². The van der Waals surface area contributed by atoms with Gasteiger partial charge in [-0.2, -0.15) is 0 Å². The van der Waals surface area contributed by atoms with Crippen molar-refractivity contribution in [1.29, 1.82) is 0 Å². The Morgan fingerprint density at radius 1 is 1.21 bits per heavy atom. The SMILES string of the molecule is CCOc1cc2c(cc1NC(=O)C1CCN(C(=O)N(CC)CC)CC1)OC(C)C2. The molecule has 3 amide bonds. The van der Waals surface area contributed by atoms with Gasteiger partial charge in [0.15, 0.2) is 0 Å². The Morgan fingerprint density at radius 2 is 1.90 bits per heavy atom. The van der Waals surface area contributed by atoms with E-state index in [2.05, 4.69) is 5.32 Å². The molecule has 0 radical (unpaired) electrons. The number of rotatable bonds is 6. The molecule has 0 bridgehead atoms. The highest BCUT2D eigenvalue weighted by atomic mass is 16.5. The molecule has 2 aliphatic rings. The number of ether oxygens (including phenoxy) is 2. The molecule has 1 unspecified atom stereocenters. The molecule has 2 aliphatic heterocycles. The highest BCUT2D eigenvalue weighted by Crippen LogP contribution is 2.38. The zero-order chi connectivity index (χ0) is 21.0. The smallest absolute Gasteiger partial charge is 0.319 e. The summed E-state index contributed by atoms with van der Waals surface area (Å²) >= 11 is 0. The molecule has 1 atom stereocenters. The number of amides is 3. The van der Waals surface area contributed by atoms with Gasteiger partial charge in [0.1, 0.15) is 17.6 Å². The van der Waals surface area contributed by atoms with E-state index in [1.165, 1.54) is 0 Å². The number of urea groups is 1. The molecule has 1 N–H and O–H groups in total. The lowest BCUT2D eigenvalue weighted by Crippen LogP contribution is -2.47. The number of piperidine rings is 1. The molecule has 0 aliphatic carbocycles. The van der Waals surface area contributed by atoms with E-state index >= 15 is 0 Å². The molecule has 3 rings (SSSR count). The lowest BCUT2D eigenvalue weighted by atomic mass is 9.96. The third-order valence-electron chi connectivity index (χ3n) is 5.73. The number of fused-ring (bicyclic) bond motifs is 1. The van der Waals surface area contributed by atoms with Crippen molar-refractivity contribution in [3.63, 3.8) is 0 Å². The van der Waals surface area contributed by atoms with Crippen LogP contribution in [0.3, 0.4) is 0 Å². The van der Waals surface area contributed by atoms with Crippen LogP contribution >= 0.6 is 0 Å². The van der Waals surface area contributed by atoms with Gasteiger partial charge in [0.25, 0.3) is 0 Å². The van der Waals surface area contributed by atoms with E-state index in [4.69, 9.17) is 9.47 Å². The number of nitrogens with one attached hydrogen (secondary N) is 1. The predicted octanol–water partition coefficient (Wildman–Crippen LogP) is 3.52. The zero-order valence-corrected chi connectivity index (χ0v) is 18.0. The maximum absolute atomic E-state index is 12.9. The first-order valence-corrected chi connectivity index (χ1v) is 10.8. The summed E-state index contributed by atoms with van der Waals surface area (Å²) in [5, 5.41) is 3.04. The Labute approximate surface area is 173 Å². The van der Waals surface area contributed by atoms with Crippen LogP contribution in [-0.2, 0) is 11.2 Å². The fourth-order valence-electron chi connectivity index (χ4n) is 4.07. The molecule has 1 aromatic carbocycles. The van der Waals surface area contributed by atoms with Crippen LogP contribution in [0.15, 0.2) is 12.1 Å². The summed E-state index contributed by atoms with van der Waals surface area (Å²) in [4.78, 5) is 29.1. The summed E-state index contributed by atoms with van der Waals surface area (Å²) in [6.07, 6.45) is 2.32. The molecule has 1 aromatic rings. The monoisotopic (exact) mass is 403 g/mol. The fraction of sp³-hybridized carbons (Fsp3) is 0.636. The number of anilines is 1. The molecule has 1 fully saturated rings. The van der Waals surface area contributed by atoms with Crippen LogP contribution in [-0.4, -0.2) is 60.6 Å². The van der Waals surface area contributed by atoms with Gasteiger partial charge in [-0.05, 0) is 46.6 Å². The summed E-state index contributed by atoms with van der Waals surface area (Å²) in [5.41, 5.74) is 1.77. The first kappa shape index (κ1) is 21.3. The quantitative estimate of drug-likeness (QED) is 0.789. The van der Waals surface area contributed by atoms with Crippen molar-refractivity contribution in [3.8, 4) is 11.5 Å². The fourth-order valence-corrected chi connectivity index (χ4v) is 4.07. The van der Waals surface area contributed by atoms with E-state index in [0.717, 1.165) is 17.7 Å². The molecule has 1 saturated heterocycles. The Bertz CT molecular complexity index is 740. The van der Waals surface area contributed by atoms with E-state index in [1.807, 2.05) is 49.6 Å². The van der Waals surface area contributed by atoms with Crippen LogP contribution in [0, 0.1) is 5.92 Å². The Balaban J connectivity index is 1.63. The van der Waals surface area contributed by atoms with Crippen LogP contribution in [0.5, 0.6) is 11.5 Å². The summed E-state index contributed by atoms with van der Waals surface area (Å²) in [6.45, 7) is 11.1. The zero-order valence-electron chi connectivity index (χ0n) is 18.0. The number of hydrogen-bond donors (Lipinski definition) is 1. The van der Waals surface area contributed by atoms with Gasteiger partial charge < -0.3 is 24.6 Å². The molecule has 7 nitrogen and oxygen atoms in total. The number of likely N-dealkylation sites (tertiary alicyclic amines) is 1. The summed E-state index contributed by atoms with van der Waals surface area (Å²) in [5.74, 6) is 1.37. The molecule has 0 saturated carbocycles. The van der Waals surface area contributed by atoms with Gasteiger partial charge in [-0.3, -0.25) is 4.79 Å². The summed E-state index contributed by atoms with van der Waals surface area (Å²) in [7, 11) is 0. The lowest BCUT2D eigenvalue weighted by Gasteiger charge is -2.34. The molecule has 7 heteroatoms. The van der Waals surface area contributed by atoms with Gasteiger partial charge in [0, 0.05) is 50.1 Å². The average molecular weight is 404 g/mol. The molecule has 160 valence electrons. The maximum atomic E-state index is 12.9. The van der Waals surface area contributed by atoms with E-state index in [1.54, 1.807) is 0 Å². The van der Waals surface area contributed by atoms with Crippen molar-refractivity contribution in [1.82, 2.24) is 9.80 Å². The highest BCUT2D eigenvalue weighted by Gasteiger charge is 2.30. The van der Waals surface area contributed by atoms with Crippen LogP contribution in [0.4, 0.5) is 10.5 Å². The minimum atomic E-state index is -0.113. The number of nitrogens with zero attached hydrogens (tertiary/aromatic N) is 2. The van der Waals surface area contributed by atoms with Crippen molar-refractivity contribution in [3.05, 3.63) is 17.7 Å². The van der Waals surface area contributed by atoms with Crippen molar-refractivity contribution in [2.75, 3.05) is 38.1 Å². The second-order valence-electron chi connectivity index (χ2n) is 7.73. The van der Waals surface area contributed by atoms with Gasteiger partial charge in [0.05, 0.1) is 12.3 Å². The van der Waals surface area contributed by atoms with Crippen LogP contribution in [0.2, 0.25) is 0 Å². The number of hydrogen-bond acceptors (Lipinski definition) is 4. The Kier molecular flexibility index (Phi) is 6.87. The second-order valence-corrected chi connectivity index (χ2v) is 7.73. The summed E-state index contributed by atoms with van der Waals surface area (Å²) < 4.78 is 11.6. The minimum absolute atomic E-state index is 0.0214. The lowest BCUT2D eigenvalue weighted by molar-refractivity contribution is -0.121. The van der Waals surface area contributed by atoms with E-state index in [0.29, 0.717) is 57.1 Å². The molecule has 29 heavy (non-hydrogen) atoms. The topological polar surface area (TPSA) is 71.1 Å². The third kappa shape index (κ3) is 4.77. The highest BCUT2D eigenvalue weighted by molar-refractivity contribution is 5.94. The van der Waals surface area contributed by atoms with E-state index in [9.17, 15) is 9.59 Å². The largest absolute Gasteiger partial charge is 0.492 e. The third-order valence-corrected chi connectivity index (χ3v) is 5.73. The van der Waals surface area contributed by atoms with Crippen LogP contribution in [0.25, 0.3) is 0 Å². The van der Waals surface area contributed by atoms with Crippen LogP contribution < -0.4 is 14.8 Å². The predicted molar refractivity (Wildman–Crippen MR) is 113 cm³/mol. The van der Waals surface area contributed by atoms with Crippen molar-refractivity contribution in [2.24, 2.45) is 5.92 Å². The molecule has 0 aromatic heterocycles. The van der Waals surface area contributed by atoms with E-state index < -0.39 is 0 Å². The summed E-state index contributed by atoms with van der Waals surface area (Å²) in [6, 6.07) is 3.92. The second kappa shape index (κ2) is 9.37. The molecular formula is C22H33N3O4. The number of benzene rings is 1. The number of carbonyl (C=O) groups excluding carboxylic acids is 2. The van der Waals surface area contributed by atoms with Gasteiger partial charge >= 0.3 is 6.03 Å². The Morgan fingerprint density at radius 3 is 2.52 bits per heavy atom. The first-order valence-electron chi connectivity index (χ1n) is 10.8. The average Bonchev–Trinajstić information content (AvgIpc) is 3.08. The normalized spacial score (nSPS) is 18.8. The Hall–Kier alpha value is -2.44. The van der Waals surface area contributed by atoms with Crippen LogP contribution in [0.1, 0.15) is 46.1 Å². The van der Waals surface area contributed by atoms with Crippen molar-refractivity contribution < 1.29 is 19.1 Å². The number of carbonyl (C=O) groups is 2. The minimum Gasteiger partial charge on any atom is -0.492 e. The molecular weight excluding hydrogens is 370 g/mol. The first-order chi connectivity index (χ1) is 14.0. The molecule has 0 spiro atoms. The molecule has 2 heterocycles. The van der Waals surface area contributed by atoms with Gasteiger partial charge in [-0.15, -0.1) is 0 Å². The maximum Gasteiger partial charge on any atom is 0.319 e. The van der Waals surface area contributed by atoms with Gasteiger partial charge in [-0.1, -0.05) is 0 Å². The van der Waals surface area contributed by atoms with Gasteiger partial charge in [0.2, 0.25) is 5.91 Å².